The molecule has 0 amide bonds. The van der Waals surface area contributed by atoms with Crippen LogP contribution < -0.4 is 20.7 Å². The zero-order chi connectivity index (χ0) is 41.3. The average Bonchev–Trinajstić information content (AvgIpc) is 3.95. The summed E-state index contributed by atoms with van der Waals surface area (Å²) in [5.74, 6) is -1.08. The Morgan fingerprint density at radius 1 is 0.847 bits per heavy atom. The Morgan fingerprint density at radius 3 is 2.17 bits per heavy atom. The van der Waals surface area contributed by atoms with E-state index in [1.54, 1.807) is 0 Å². The van der Waals surface area contributed by atoms with Gasteiger partial charge in [0.25, 0.3) is 0 Å². The Hall–Kier alpha value is -4.30. The number of carbonyl (C=O) groups excluding carboxylic acids is 1. The Labute approximate surface area is 360 Å². The smallest absolute Gasteiger partial charge is 0.875 e. The quantitative estimate of drug-likeness (QED) is 0.0602. The van der Waals surface area contributed by atoms with Crippen molar-refractivity contribution < 1.29 is 41.0 Å². The molecule has 1 aromatic heterocycles. The minimum Gasteiger partial charge on any atom is -0.875 e. The molecule has 2 atom stereocenters. The van der Waals surface area contributed by atoms with E-state index in [0.29, 0.717) is 46.3 Å². The van der Waals surface area contributed by atoms with Crippen LogP contribution in [0.5, 0.6) is 0 Å². The van der Waals surface area contributed by atoms with E-state index < -0.39 is 5.97 Å². The van der Waals surface area contributed by atoms with Crippen molar-refractivity contribution in [2.45, 2.75) is 157 Å². The first kappa shape index (κ1) is 45.8. The summed E-state index contributed by atoms with van der Waals surface area (Å²) in [5, 5.41) is 24.5. The number of rotatable bonds is 20. The van der Waals surface area contributed by atoms with E-state index in [0.717, 1.165) is 89.2 Å². The van der Waals surface area contributed by atoms with E-state index >= 15 is 0 Å². The molecule has 1 aromatic rings. The number of nitrogens with zero attached hydrogens (tertiary/aromatic N) is 4. The number of hydrogen-bond acceptors (Lipinski definition) is 7. The van der Waals surface area contributed by atoms with Crippen molar-refractivity contribution in [3.8, 4) is 0 Å². The summed E-state index contributed by atoms with van der Waals surface area (Å²) >= 11 is 0. The van der Waals surface area contributed by atoms with Crippen molar-refractivity contribution in [2.24, 2.45) is 26.8 Å². The zero-order valence-corrected chi connectivity index (χ0v) is 36.9. The fourth-order valence-electron chi connectivity index (χ4n) is 8.88. The molecule has 6 rings (SSSR count). The molecule has 0 aromatic carbocycles. The molecule has 0 spiro atoms. The van der Waals surface area contributed by atoms with Crippen LogP contribution >= 0.6 is 0 Å². The van der Waals surface area contributed by atoms with Gasteiger partial charge in [0.15, 0.2) is 5.76 Å². The van der Waals surface area contributed by atoms with Gasteiger partial charge in [0.2, 0.25) is 0 Å². The van der Waals surface area contributed by atoms with Gasteiger partial charge in [0.05, 0.1) is 17.1 Å². The van der Waals surface area contributed by atoms with Crippen LogP contribution in [-0.2, 0) is 30.8 Å². The number of ether oxygens (including phenoxy) is 1. The third kappa shape index (κ3) is 10.7. The van der Waals surface area contributed by atoms with Gasteiger partial charge in [-0.15, -0.1) is 16.8 Å². The number of hydrogen-bond donors (Lipinski definition) is 1. The number of esters is 1. The summed E-state index contributed by atoms with van der Waals surface area (Å²) < 4.78 is 6.16. The molecule has 0 saturated heterocycles. The molecule has 0 fully saturated rings. The summed E-state index contributed by atoms with van der Waals surface area (Å²) in [6.45, 7) is 12.3. The van der Waals surface area contributed by atoms with Gasteiger partial charge in [0, 0.05) is 41.7 Å². The summed E-state index contributed by atoms with van der Waals surface area (Å²) in [7, 11) is 0. The van der Waals surface area contributed by atoms with E-state index in [-0.39, 0.29) is 52.9 Å². The van der Waals surface area contributed by atoms with Gasteiger partial charge in [-0.1, -0.05) is 95.9 Å². The van der Waals surface area contributed by atoms with E-state index in [2.05, 4.69) is 39.8 Å². The standard InChI is InChI=1S/C49H64N4O5.Ni/c1-7-9-10-11-12-13-14-15-16-17-18-19-20-21-22-23-45(57)58-49-33(6)40-27-38-31(4)35(24-25-44(55)56)47(52-38)36-26-43(54)46-32(5)39(53-48(36)46)28-41-34(8-2)30(3)37(50-41)29-42(49)51-40;/h15-16,27-29,31,35H,7-14,17-26H2,1-6H3,(H3,50,51,52,53,54,55,56);/q;+2/p-2/b16-15+;/t31-,35-;/m0./s1. The molecule has 1 aliphatic carbocycles. The molecule has 0 saturated carbocycles. The number of aliphatic imine (C=N–C) groups is 3. The van der Waals surface area contributed by atoms with E-state index in [9.17, 15) is 19.8 Å². The van der Waals surface area contributed by atoms with Crippen LogP contribution in [0.2, 0.25) is 0 Å². The van der Waals surface area contributed by atoms with Gasteiger partial charge < -0.3 is 19.9 Å². The summed E-state index contributed by atoms with van der Waals surface area (Å²) in [5.41, 5.74) is 9.28. The van der Waals surface area contributed by atoms with Gasteiger partial charge in [-0.2, -0.15) is 0 Å². The summed E-state index contributed by atoms with van der Waals surface area (Å²) in [6.07, 6.45) is 27.6. The molecule has 0 radical (unpaired) electrons. The van der Waals surface area contributed by atoms with Crippen molar-refractivity contribution in [2.75, 3.05) is 0 Å². The molecule has 9 nitrogen and oxygen atoms in total. The molecule has 10 heteroatoms. The van der Waals surface area contributed by atoms with Crippen molar-refractivity contribution >= 4 is 46.5 Å². The Morgan fingerprint density at radius 2 is 1.49 bits per heavy atom. The average molecular weight is 846 g/mol. The molecular formula is C49H62N4NiO5. The molecule has 1 N–H and O–H groups in total. The predicted octanol–water partition coefficient (Wildman–Crippen LogP) is 9.16. The molecule has 5 aliphatic rings. The Kier molecular flexibility index (Phi) is 16.5. The maximum absolute atomic E-state index is 13.6. The predicted molar refractivity (Wildman–Crippen MR) is 232 cm³/mol. The van der Waals surface area contributed by atoms with Gasteiger partial charge >= 0.3 is 28.4 Å². The van der Waals surface area contributed by atoms with Crippen LogP contribution in [0.1, 0.15) is 161 Å². The number of fused-ring (bicyclic) bond motifs is 5. The van der Waals surface area contributed by atoms with Crippen LogP contribution in [0.3, 0.4) is 0 Å². The van der Waals surface area contributed by atoms with Gasteiger partial charge in [0.1, 0.15) is 5.70 Å². The maximum Gasteiger partial charge on any atom is 2.00 e. The summed E-state index contributed by atoms with van der Waals surface area (Å²) in [6, 6.07) is 0. The second kappa shape index (κ2) is 21.3. The topological polar surface area (TPSA) is 138 Å². The second-order valence-corrected chi connectivity index (χ2v) is 16.6. The van der Waals surface area contributed by atoms with Crippen LogP contribution in [0.15, 0.2) is 78.9 Å². The fraction of sp³-hybridized carbons (Fsp3) is 0.531. The monoisotopic (exact) mass is 844 g/mol. The number of unbranched alkanes of at least 4 members (excludes halogenated alkanes) is 11. The minimum atomic E-state index is -0.875. The molecule has 59 heavy (non-hydrogen) atoms. The zero-order valence-electron chi connectivity index (χ0n) is 36.0. The van der Waals surface area contributed by atoms with Crippen LogP contribution in [0.25, 0.3) is 17.4 Å². The van der Waals surface area contributed by atoms with Crippen LogP contribution in [0, 0.1) is 18.8 Å². The van der Waals surface area contributed by atoms with E-state index in [1.807, 2.05) is 32.1 Å². The first-order chi connectivity index (χ1) is 28.0. The van der Waals surface area contributed by atoms with E-state index in [1.165, 1.54) is 51.4 Å². The maximum atomic E-state index is 13.6. The van der Waals surface area contributed by atoms with Gasteiger partial charge in [-0.25, -0.2) is 9.98 Å². The minimum absolute atomic E-state index is 0. The van der Waals surface area contributed by atoms with Gasteiger partial charge in [-0.05, 0) is 106 Å². The first-order valence-corrected chi connectivity index (χ1v) is 22.0. The van der Waals surface area contributed by atoms with E-state index in [4.69, 9.17) is 24.7 Å². The van der Waals surface area contributed by atoms with Crippen molar-refractivity contribution in [3.05, 3.63) is 85.7 Å². The SMILES string of the molecule is CCCCCCCC/C=C/CCCCCCCC(=O)OC1=C(C)C2=NC1=CC1=NC(=Cc3[n-]c4c(c3C)=C([O-])CC=4C3=NC(=C2)[C@@H](C)[C@@H]3CCC(=O)O)C(CC)=C1C.[Ni+2]. The van der Waals surface area contributed by atoms with Crippen molar-refractivity contribution in [1.82, 2.24) is 4.98 Å². The van der Waals surface area contributed by atoms with Crippen LogP contribution in [-0.4, -0.2) is 34.2 Å². The third-order valence-corrected chi connectivity index (χ3v) is 12.4. The number of carbonyl (C=O) groups is 2. The number of aromatic nitrogens is 1. The Bertz CT molecular complexity index is 2210. The molecule has 318 valence electrons. The molecule has 5 heterocycles. The summed E-state index contributed by atoms with van der Waals surface area (Å²) in [4.78, 5) is 45.4. The van der Waals surface area contributed by atoms with Gasteiger partial charge in [-0.3, -0.25) is 14.6 Å². The third-order valence-electron chi connectivity index (χ3n) is 12.4. The molecule has 0 unspecified atom stereocenters. The molecule has 8 bridgehead atoms. The van der Waals surface area contributed by atoms with Crippen molar-refractivity contribution in [1.29, 1.82) is 0 Å². The number of aliphatic carboxylic acids is 1. The fourth-order valence-corrected chi connectivity index (χ4v) is 8.88. The Balaban J connectivity index is 0.00000661. The largest absolute Gasteiger partial charge is 2.00 e. The molecule has 4 aliphatic heterocycles. The number of carboxylic acid groups (broad SMARTS) is 1. The normalized spacial score (nSPS) is 19.6. The first-order valence-electron chi connectivity index (χ1n) is 22.0. The number of allylic oxidation sites excluding steroid dienone is 8. The van der Waals surface area contributed by atoms with Crippen molar-refractivity contribution in [3.63, 3.8) is 0 Å². The second-order valence-electron chi connectivity index (χ2n) is 16.6. The number of carboxylic acids is 1. The van der Waals surface area contributed by atoms with Crippen LogP contribution in [0.4, 0.5) is 0 Å². The molecular weight excluding hydrogens is 783 g/mol.